The van der Waals surface area contributed by atoms with Crippen LogP contribution in [0.2, 0.25) is 18.1 Å². The Morgan fingerprint density at radius 3 is 2.19 bits per heavy atom. The van der Waals surface area contributed by atoms with E-state index in [-0.39, 0.29) is 23.5 Å². The summed E-state index contributed by atoms with van der Waals surface area (Å²) in [6, 6.07) is 0. The number of carbonyl (C=O) groups excluding carboxylic acids is 2. The lowest BCUT2D eigenvalue weighted by Gasteiger charge is -2.39. The second kappa shape index (κ2) is 8.62. The molecule has 1 saturated heterocycles. The van der Waals surface area contributed by atoms with Crippen molar-refractivity contribution < 1.29 is 23.5 Å². The van der Waals surface area contributed by atoms with Crippen molar-refractivity contribution in [2.75, 3.05) is 32.8 Å². The topological polar surface area (TPSA) is 65.1 Å². The van der Waals surface area contributed by atoms with Crippen molar-refractivity contribution in [3.8, 4) is 0 Å². The zero-order valence-electron chi connectivity index (χ0n) is 18.7. The second-order valence-electron chi connectivity index (χ2n) is 10.1. The summed E-state index contributed by atoms with van der Waals surface area (Å²) in [5.41, 5.74) is -1.23. The van der Waals surface area contributed by atoms with Gasteiger partial charge in [-0.25, -0.2) is 0 Å². The molecule has 158 valence electrons. The van der Waals surface area contributed by atoms with Crippen molar-refractivity contribution >= 4 is 20.3 Å². The van der Waals surface area contributed by atoms with E-state index in [2.05, 4.69) is 33.9 Å². The van der Waals surface area contributed by atoms with Crippen LogP contribution in [0.4, 0.5) is 0 Å². The Morgan fingerprint density at radius 1 is 1.11 bits per heavy atom. The molecule has 0 aromatic rings. The molecule has 1 unspecified atom stereocenters. The molecule has 1 aliphatic heterocycles. The maximum Gasteiger partial charge on any atom is 0.320 e. The van der Waals surface area contributed by atoms with Crippen LogP contribution in [0.15, 0.2) is 0 Å². The number of hydrogen-bond donors (Lipinski definition) is 0. The molecule has 0 bridgehead atoms. The molecule has 0 radical (unpaired) electrons. The van der Waals surface area contributed by atoms with Gasteiger partial charge in [-0.05, 0) is 52.2 Å². The van der Waals surface area contributed by atoms with Crippen LogP contribution in [0.25, 0.3) is 0 Å². The molecule has 0 N–H and O–H groups in total. The lowest BCUT2D eigenvalue weighted by atomic mass is 9.88. The Balaban J connectivity index is 2.85. The molecule has 1 rings (SSSR count). The maximum atomic E-state index is 12.8. The smallest absolute Gasteiger partial charge is 0.320 e. The van der Waals surface area contributed by atoms with Gasteiger partial charge in [-0.1, -0.05) is 20.8 Å². The lowest BCUT2D eigenvalue weighted by molar-refractivity contribution is -0.159. The highest BCUT2D eigenvalue weighted by Crippen LogP contribution is 2.40. The van der Waals surface area contributed by atoms with Gasteiger partial charge in [0.25, 0.3) is 0 Å². The summed E-state index contributed by atoms with van der Waals surface area (Å²) in [7, 11) is -1.99. The normalized spacial score (nSPS) is 22.0. The van der Waals surface area contributed by atoms with Gasteiger partial charge in [0.15, 0.2) is 8.32 Å². The molecule has 6 nitrogen and oxygen atoms in total. The summed E-state index contributed by atoms with van der Waals surface area (Å²) < 4.78 is 17.2. The van der Waals surface area contributed by atoms with Crippen LogP contribution in [-0.2, 0) is 23.5 Å². The van der Waals surface area contributed by atoms with Crippen molar-refractivity contribution in [1.82, 2.24) is 4.90 Å². The van der Waals surface area contributed by atoms with Gasteiger partial charge in [0.05, 0.1) is 19.8 Å². The summed E-state index contributed by atoms with van der Waals surface area (Å²) in [5.74, 6) is -0.497. The van der Waals surface area contributed by atoms with Crippen LogP contribution >= 0.6 is 0 Å². The average Bonchev–Trinajstić information content (AvgIpc) is 2.86. The third kappa shape index (κ3) is 6.87. The molecule has 0 aliphatic carbocycles. The van der Waals surface area contributed by atoms with E-state index in [1.165, 1.54) is 0 Å². The number of esters is 2. The predicted octanol–water partition coefficient (Wildman–Crippen LogP) is 3.61. The van der Waals surface area contributed by atoms with E-state index in [4.69, 9.17) is 13.9 Å². The first-order chi connectivity index (χ1) is 12.1. The molecule has 1 atom stereocenters. The SMILES string of the molecule is CCOC(=O)C1(CO[Si](C)(C)C(C)(C)C)CCN(CC(=O)OC(C)(C)C)C1. The highest BCUT2D eigenvalue weighted by atomic mass is 28.4. The number of hydrogen-bond acceptors (Lipinski definition) is 6. The number of ether oxygens (including phenoxy) is 2. The fourth-order valence-corrected chi connectivity index (χ4v) is 3.88. The minimum Gasteiger partial charge on any atom is -0.465 e. The van der Waals surface area contributed by atoms with E-state index >= 15 is 0 Å². The van der Waals surface area contributed by atoms with Crippen molar-refractivity contribution in [2.24, 2.45) is 5.41 Å². The van der Waals surface area contributed by atoms with Crippen molar-refractivity contribution in [3.63, 3.8) is 0 Å². The minimum absolute atomic E-state index is 0.0671. The van der Waals surface area contributed by atoms with Crippen molar-refractivity contribution in [2.45, 2.75) is 78.6 Å². The van der Waals surface area contributed by atoms with Gasteiger partial charge in [0, 0.05) is 13.1 Å². The average molecular weight is 402 g/mol. The Labute approximate surface area is 166 Å². The summed E-state index contributed by atoms with van der Waals surface area (Å²) in [6.45, 7) is 20.2. The molecule has 0 aromatic heterocycles. The standard InChI is InChI=1S/C20H39NO5Si/c1-10-24-17(23)20(15-25-27(8,9)19(5,6)7)11-12-21(14-20)13-16(22)26-18(2,3)4/h10-15H2,1-9H3. The zero-order chi connectivity index (χ0) is 21.1. The summed E-state index contributed by atoms with van der Waals surface area (Å²) in [5, 5.41) is 0.0671. The van der Waals surface area contributed by atoms with Crippen molar-refractivity contribution in [3.05, 3.63) is 0 Å². The van der Waals surface area contributed by atoms with Crippen LogP contribution in [0.5, 0.6) is 0 Å². The molecule has 0 spiro atoms. The van der Waals surface area contributed by atoms with Crippen molar-refractivity contribution in [1.29, 1.82) is 0 Å². The van der Waals surface area contributed by atoms with Gasteiger partial charge >= 0.3 is 11.9 Å². The van der Waals surface area contributed by atoms with Crippen LogP contribution in [0.1, 0.15) is 54.9 Å². The molecular weight excluding hydrogens is 362 g/mol. The number of nitrogens with zero attached hydrogens (tertiary/aromatic N) is 1. The molecule has 7 heteroatoms. The number of carbonyl (C=O) groups is 2. The van der Waals surface area contributed by atoms with Gasteiger partial charge < -0.3 is 13.9 Å². The van der Waals surface area contributed by atoms with E-state index in [9.17, 15) is 9.59 Å². The summed E-state index contributed by atoms with van der Waals surface area (Å²) >= 11 is 0. The zero-order valence-corrected chi connectivity index (χ0v) is 19.7. The third-order valence-corrected chi connectivity index (χ3v) is 9.91. The van der Waals surface area contributed by atoms with E-state index in [1.54, 1.807) is 0 Å². The van der Waals surface area contributed by atoms with Crippen LogP contribution in [0.3, 0.4) is 0 Å². The molecule has 1 heterocycles. The lowest BCUT2D eigenvalue weighted by Crippen LogP contribution is -2.48. The first-order valence-electron chi connectivity index (χ1n) is 9.87. The van der Waals surface area contributed by atoms with Gasteiger partial charge in [-0.3, -0.25) is 14.5 Å². The van der Waals surface area contributed by atoms with E-state index in [1.807, 2.05) is 32.6 Å². The largest absolute Gasteiger partial charge is 0.465 e. The number of likely N-dealkylation sites (tertiary alicyclic amines) is 1. The Hall–Kier alpha value is -0.923. The minimum atomic E-state index is -1.99. The fraction of sp³-hybridized carbons (Fsp3) is 0.900. The molecule has 0 aromatic carbocycles. The highest BCUT2D eigenvalue weighted by molar-refractivity contribution is 6.74. The van der Waals surface area contributed by atoms with E-state index < -0.39 is 19.3 Å². The first-order valence-corrected chi connectivity index (χ1v) is 12.8. The highest BCUT2D eigenvalue weighted by Gasteiger charge is 2.49. The summed E-state index contributed by atoms with van der Waals surface area (Å²) in [4.78, 5) is 26.9. The molecular formula is C20H39NO5Si. The molecule has 1 aliphatic rings. The molecule has 1 fully saturated rings. The molecule has 0 amide bonds. The Kier molecular flexibility index (Phi) is 7.69. The van der Waals surface area contributed by atoms with Crippen LogP contribution < -0.4 is 0 Å². The van der Waals surface area contributed by atoms with Gasteiger partial charge in [-0.15, -0.1) is 0 Å². The Bertz CT molecular complexity index is 535. The Morgan fingerprint density at radius 2 is 1.70 bits per heavy atom. The monoisotopic (exact) mass is 401 g/mol. The fourth-order valence-electron chi connectivity index (χ4n) is 2.81. The molecule has 0 saturated carbocycles. The molecule has 27 heavy (non-hydrogen) atoms. The predicted molar refractivity (Wildman–Crippen MR) is 109 cm³/mol. The quantitative estimate of drug-likeness (QED) is 0.480. The van der Waals surface area contributed by atoms with Crippen LogP contribution in [-0.4, -0.2) is 63.6 Å². The van der Waals surface area contributed by atoms with Gasteiger partial charge in [-0.2, -0.15) is 0 Å². The van der Waals surface area contributed by atoms with Gasteiger partial charge in [0.2, 0.25) is 0 Å². The van der Waals surface area contributed by atoms with Crippen LogP contribution in [0, 0.1) is 5.41 Å². The summed E-state index contributed by atoms with van der Waals surface area (Å²) in [6.07, 6.45) is 0.628. The van der Waals surface area contributed by atoms with Gasteiger partial charge in [0.1, 0.15) is 11.0 Å². The number of rotatable bonds is 7. The maximum absolute atomic E-state index is 12.8. The first kappa shape index (κ1) is 24.1. The third-order valence-electron chi connectivity index (χ3n) is 5.43. The van der Waals surface area contributed by atoms with E-state index in [0.717, 1.165) is 0 Å². The second-order valence-corrected chi connectivity index (χ2v) is 14.9. The van der Waals surface area contributed by atoms with E-state index in [0.29, 0.717) is 32.7 Å².